The molecule has 1 aliphatic rings. The second-order valence-corrected chi connectivity index (χ2v) is 5.94. The summed E-state index contributed by atoms with van der Waals surface area (Å²) in [6.45, 7) is 3.21. The van der Waals surface area contributed by atoms with Crippen LogP contribution in [-0.4, -0.2) is 43.8 Å². The average molecular weight is 256 g/mol. The van der Waals surface area contributed by atoms with E-state index in [-0.39, 0.29) is 12.1 Å². The molecule has 0 aromatic carbocycles. The average Bonchev–Trinajstić information content (AvgIpc) is 2.89. The zero-order chi connectivity index (χ0) is 12.3. The van der Waals surface area contributed by atoms with E-state index in [4.69, 9.17) is 0 Å². The number of rotatable bonds is 5. The van der Waals surface area contributed by atoms with Gasteiger partial charge in [0, 0.05) is 17.8 Å². The van der Waals surface area contributed by atoms with E-state index >= 15 is 0 Å². The van der Waals surface area contributed by atoms with Crippen molar-refractivity contribution in [1.29, 1.82) is 0 Å². The molecular weight excluding hydrogens is 236 g/mol. The Kier molecular flexibility index (Phi) is 4.06. The molecule has 0 amide bonds. The van der Waals surface area contributed by atoms with Crippen LogP contribution in [0.2, 0.25) is 0 Å². The molecule has 1 saturated carbocycles. The standard InChI is InChI=1S/C11H20N4OS/c1-3-12-11(7-16)5-4-9(6-11)17-10-14-13-8-15(10)2/h8-9,12,16H,3-7H2,1-2H3. The van der Waals surface area contributed by atoms with Crippen LogP contribution in [0.4, 0.5) is 0 Å². The quantitative estimate of drug-likeness (QED) is 0.816. The molecule has 1 aromatic heterocycles. The van der Waals surface area contributed by atoms with Gasteiger partial charge in [-0.25, -0.2) is 0 Å². The second kappa shape index (κ2) is 5.37. The molecule has 2 rings (SSSR count). The molecule has 2 N–H and O–H groups in total. The van der Waals surface area contributed by atoms with Gasteiger partial charge in [0.15, 0.2) is 5.16 Å². The predicted molar refractivity (Wildman–Crippen MR) is 68.0 cm³/mol. The first kappa shape index (κ1) is 12.9. The minimum atomic E-state index is -0.0784. The van der Waals surface area contributed by atoms with Gasteiger partial charge in [-0.2, -0.15) is 0 Å². The molecule has 0 aliphatic heterocycles. The number of aliphatic hydroxyl groups is 1. The van der Waals surface area contributed by atoms with Crippen molar-refractivity contribution >= 4 is 11.8 Å². The van der Waals surface area contributed by atoms with Crippen LogP contribution < -0.4 is 5.32 Å². The van der Waals surface area contributed by atoms with Crippen molar-refractivity contribution in [1.82, 2.24) is 20.1 Å². The first-order valence-corrected chi connectivity index (χ1v) is 6.93. The lowest BCUT2D eigenvalue weighted by Gasteiger charge is -2.27. The fourth-order valence-corrected chi connectivity index (χ4v) is 3.69. The first-order valence-electron chi connectivity index (χ1n) is 6.05. The molecule has 1 heterocycles. The van der Waals surface area contributed by atoms with E-state index < -0.39 is 0 Å². The summed E-state index contributed by atoms with van der Waals surface area (Å²) in [4.78, 5) is 0. The lowest BCUT2D eigenvalue weighted by molar-refractivity contribution is 0.167. The van der Waals surface area contributed by atoms with E-state index in [1.807, 2.05) is 11.6 Å². The number of aliphatic hydroxyl groups excluding tert-OH is 1. The Morgan fingerprint density at radius 2 is 2.53 bits per heavy atom. The topological polar surface area (TPSA) is 63.0 Å². The van der Waals surface area contributed by atoms with Gasteiger partial charge in [-0.15, -0.1) is 10.2 Å². The first-order chi connectivity index (χ1) is 8.19. The van der Waals surface area contributed by atoms with Crippen LogP contribution in [0.5, 0.6) is 0 Å². The minimum absolute atomic E-state index is 0.0784. The van der Waals surface area contributed by atoms with Crippen molar-refractivity contribution in [2.45, 2.75) is 42.1 Å². The van der Waals surface area contributed by atoms with E-state index in [9.17, 15) is 5.11 Å². The Balaban J connectivity index is 1.95. The number of aryl methyl sites for hydroxylation is 1. The highest BCUT2D eigenvalue weighted by Gasteiger charge is 2.38. The molecule has 0 saturated heterocycles. The zero-order valence-corrected chi connectivity index (χ0v) is 11.2. The van der Waals surface area contributed by atoms with Gasteiger partial charge in [-0.05, 0) is 25.8 Å². The van der Waals surface area contributed by atoms with Crippen molar-refractivity contribution in [2.75, 3.05) is 13.2 Å². The SMILES string of the molecule is CCNC1(CO)CCC(Sc2nncn2C)C1. The maximum absolute atomic E-state index is 9.54. The van der Waals surface area contributed by atoms with E-state index in [1.165, 1.54) is 0 Å². The fourth-order valence-electron chi connectivity index (χ4n) is 2.44. The lowest BCUT2D eigenvalue weighted by atomic mass is 9.99. The molecule has 2 atom stereocenters. The summed E-state index contributed by atoms with van der Waals surface area (Å²) in [7, 11) is 1.96. The maximum atomic E-state index is 9.54. The largest absolute Gasteiger partial charge is 0.394 e. The molecule has 0 spiro atoms. The monoisotopic (exact) mass is 256 g/mol. The van der Waals surface area contributed by atoms with Gasteiger partial charge in [-0.3, -0.25) is 0 Å². The van der Waals surface area contributed by atoms with Gasteiger partial charge in [0.1, 0.15) is 6.33 Å². The third-order valence-electron chi connectivity index (χ3n) is 3.36. The van der Waals surface area contributed by atoms with E-state index in [1.54, 1.807) is 18.1 Å². The number of hydrogen-bond acceptors (Lipinski definition) is 5. The van der Waals surface area contributed by atoms with Crippen molar-refractivity contribution in [2.24, 2.45) is 7.05 Å². The number of hydrogen-bond donors (Lipinski definition) is 2. The summed E-state index contributed by atoms with van der Waals surface area (Å²) in [6.07, 6.45) is 4.87. The number of nitrogens with one attached hydrogen (secondary N) is 1. The van der Waals surface area contributed by atoms with Gasteiger partial charge < -0.3 is 15.0 Å². The number of likely N-dealkylation sites (N-methyl/N-ethyl adjacent to an activating group) is 1. The molecule has 96 valence electrons. The smallest absolute Gasteiger partial charge is 0.191 e. The van der Waals surface area contributed by atoms with Crippen LogP contribution >= 0.6 is 11.8 Å². The Hall–Kier alpha value is -0.590. The van der Waals surface area contributed by atoms with Crippen LogP contribution in [0.1, 0.15) is 26.2 Å². The fraction of sp³-hybridized carbons (Fsp3) is 0.818. The Bertz CT molecular complexity index is 370. The van der Waals surface area contributed by atoms with Gasteiger partial charge in [0.2, 0.25) is 0 Å². The van der Waals surface area contributed by atoms with E-state index in [0.29, 0.717) is 5.25 Å². The number of nitrogens with zero attached hydrogens (tertiary/aromatic N) is 3. The molecule has 2 unspecified atom stereocenters. The van der Waals surface area contributed by atoms with Crippen molar-refractivity contribution in [3.63, 3.8) is 0 Å². The third-order valence-corrected chi connectivity index (χ3v) is 4.68. The highest BCUT2D eigenvalue weighted by Crippen LogP contribution is 2.39. The van der Waals surface area contributed by atoms with E-state index in [2.05, 4.69) is 22.4 Å². The third kappa shape index (κ3) is 2.81. The normalized spacial score (nSPS) is 28.8. The molecule has 0 radical (unpaired) electrons. The van der Waals surface area contributed by atoms with Crippen LogP contribution in [0, 0.1) is 0 Å². The van der Waals surface area contributed by atoms with Crippen LogP contribution in [0.3, 0.4) is 0 Å². The van der Waals surface area contributed by atoms with Crippen LogP contribution in [0.25, 0.3) is 0 Å². The van der Waals surface area contributed by atoms with Crippen LogP contribution in [-0.2, 0) is 7.05 Å². The molecule has 0 bridgehead atoms. The van der Waals surface area contributed by atoms with Crippen LogP contribution in [0.15, 0.2) is 11.5 Å². The summed E-state index contributed by atoms with van der Waals surface area (Å²) in [5.74, 6) is 0. The zero-order valence-electron chi connectivity index (χ0n) is 10.4. The molecule has 5 nitrogen and oxygen atoms in total. The highest BCUT2D eigenvalue weighted by atomic mass is 32.2. The molecule has 6 heteroatoms. The molecular formula is C11H20N4OS. The van der Waals surface area contributed by atoms with Gasteiger partial charge in [-0.1, -0.05) is 18.7 Å². The van der Waals surface area contributed by atoms with Gasteiger partial charge >= 0.3 is 0 Å². The molecule has 1 aromatic rings. The Morgan fingerprint density at radius 3 is 3.12 bits per heavy atom. The van der Waals surface area contributed by atoms with E-state index in [0.717, 1.165) is 31.0 Å². The maximum Gasteiger partial charge on any atom is 0.191 e. The summed E-state index contributed by atoms with van der Waals surface area (Å²) in [5.41, 5.74) is -0.0784. The van der Waals surface area contributed by atoms with Gasteiger partial charge in [0.25, 0.3) is 0 Å². The van der Waals surface area contributed by atoms with Gasteiger partial charge in [0.05, 0.1) is 6.61 Å². The van der Waals surface area contributed by atoms with Crippen molar-refractivity contribution in [3.8, 4) is 0 Å². The number of aromatic nitrogens is 3. The Labute approximate surface area is 106 Å². The summed E-state index contributed by atoms with van der Waals surface area (Å²) < 4.78 is 1.94. The lowest BCUT2D eigenvalue weighted by Crippen LogP contribution is -2.46. The molecule has 1 aliphatic carbocycles. The van der Waals surface area contributed by atoms with Crippen molar-refractivity contribution in [3.05, 3.63) is 6.33 Å². The van der Waals surface area contributed by atoms with Crippen molar-refractivity contribution < 1.29 is 5.11 Å². The Morgan fingerprint density at radius 1 is 1.71 bits per heavy atom. The second-order valence-electron chi connectivity index (χ2n) is 4.68. The summed E-state index contributed by atoms with van der Waals surface area (Å²) in [6, 6.07) is 0. The predicted octanol–water partition coefficient (Wildman–Crippen LogP) is 0.800. The molecule has 1 fully saturated rings. The minimum Gasteiger partial charge on any atom is -0.394 e. The number of thioether (sulfide) groups is 1. The highest BCUT2D eigenvalue weighted by molar-refractivity contribution is 7.99. The summed E-state index contributed by atoms with van der Waals surface area (Å²) >= 11 is 1.77. The molecule has 17 heavy (non-hydrogen) atoms. The summed E-state index contributed by atoms with van der Waals surface area (Å²) in [5, 5.41) is 22.4.